The Bertz CT molecular complexity index is 1010. The summed E-state index contributed by atoms with van der Waals surface area (Å²) in [4.78, 5) is 21.2. The number of pyridine rings is 1. The van der Waals surface area contributed by atoms with Crippen LogP contribution >= 0.6 is 23.8 Å². The number of thiocarbonyl (C=S) groups is 1. The molecule has 170 valence electrons. The Morgan fingerprint density at radius 1 is 1.09 bits per heavy atom. The molecule has 2 aliphatic rings. The van der Waals surface area contributed by atoms with Crippen LogP contribution in [0.4, 0.5) is 5.69 Å². The third-order valence-corrected chi connectivity index (χ3v) is 6.94. The van der Waals surface area contributed by atoms with Crippen LogP contribution < -0.4 is 14.8 Å². The van der Waals surface area contributed by atoms with Gasteiger partial charge >= 0.3 is 0 Å². The maximum Gasteiger partial charge on any atom is 0.254 e. The first-order valence-corrected chi connectivity index (χ1v) is 11.4. The van der Waals surface area contributed by atoms with E-state index < -0.39 is 0 Å². The maximum atomic E-state index is 13.1. The van der Waals surface area contributed by atoms with Crippen molar-refractivity contribution in [3.8, 4) is 11.6 Å². The van der Waals surface area contributed by atoms with E-state index in [1.54, 1.807) is 19.2 Å². The number of amides is 1. The SMILES string of the molecule is COc1cccc(NC(=S)N2CCC3(CCN(C(=O)c4cc(Cl)nc(OC)c4)C3)CC2)c1. The zero-order valence-electron chi connectivity index (χ0n) is 18.3. The summed E-state index contributed by atoms with van der Waals surface area (Å²) in [6.07, 6.45) is 2.99. The number of ether oxygens (including phenoxy) is 2. The van der Waals surface area contributed by atoms with E-state index in [1.165, 1.54) is 7.11 Å². The summed E-state index contributed by atoms with van der Waals surface area (Å²) in [6, 6.07) is 11.0. The van der Waals surface area contributed by atoms with Crippen molar-refractivity contribution >= 4 is 40.5 Å². The molecule has 0 aliphatic carbocycles. The molecular weight excluding hydrogens is 448 g/mol. The Hall–Kier alpha value is -2.58. The number of anilines is 1. The number of carbonyl (C=O) groups excluding carboxylic acids is 1. The zero-order valence-corrected chi connectivity index (χ0v) is 19.8. The van der Waals surface area contributed by atoms with Gasteiger partial charge in [-0.3, -0.25) is 4.79 Å². The van der Waals surface area contributed by atoms with Gasteiger partial charge in [0.1, 0.15) is 10.9 Å². The molecule has 0 bridgehead atoms. The number of nitrogens with one attached hydrogen (secondary N) is 1. The average Bonchev–Trinajstić information content (AvgIpc) is 3.22. The Labute approximate surface area is 198 Å². The zero-order chi connectivity index (χ0) is 22.7. The van der Waals surface area contributed by atoms with E-state index in [9.17, 15) is 4.79 Å². The molecule has 2 fully saturated rings. The van der Waals surface area contributed by atoms with Gasteiger partial charge in [0.15, 0.2) is 5.11 Å². The third-order valence-electron chi connectivity index (χ3n) is 6.38. The van der Waals surface area contributed by atoms with Crippen LogP contribution in [0.5, 0.6) is 11.6 Å². The highest BCUT2D eigenvalue weighted by Crippen LogP contribution is 2.41. The topological polar surface area (TPSA) is 66.9 Å². The predicted molar refractivity (Wildman–Crippen MR) is 129 cm³/mol. The Morgan fingerprint density at radius 3 is 2.50 bits per heavy atom. The predicted octanol–water partition coefficient (Wildman–Crippen LogP) is 4.08. The molecular formula is C23H27ClN4O3S. The second kappa shape index (κ2) is 9.50. The first kappa shape index (κ1) is 22.6. The normalized spacial score (nSPS) is 17.3. The second-order valence-electron chi connectivity index (χ2n) is 8.35. The number of halogens is 1. The summed E-state index contributed by atoms with van der Waals surface area (Å²) in [7, 11) is 3.16. The van der Waals surface area contributed by atoms with Crippen LogP contribution in [0.3, 0.4) is 0 Å². The van der Waals surface area contributed by atoms with E-state index in [-0.39, 0.29) is 16.5 Å². The number of hydrogen-bond donors (Lipinski definition) is 1. The summed E-state index contributed by atoms with van der Waals surface area (Å²) < 4.78 is 10.4. The molecule has 1 N–H and O–H groups in total. The third kappa shape index (κ3) is 4.91. The van der Waals surface area contributed by atoms with E-state index in [1.807, 2.05) is 29.2 Å². The van der Waals surface area contributed by atoms with Crippen molar-refractivity contribution in [2.75, 3.05) is 45.7 Å². The van der Waals surface area contributed by atoms with Crippen molar-refractivity contribution in [2.24, 2.45) is 5.41 Å². The number of hydrogen-bond acceptors (Lipinski definition) is 5. The molecule has 1 spiro atoms. The number of piperidine rings is 1. The molecule has 1 amide bonds. The van der Waals surface area contributed by atoms with Crippen LogP contribution in [0, 0.1) is 5.41 Å². The van der Waals surface area contributed by atoms with Crippen LogP contribution in [-0.4, -0.2) is 66.2 Å². The van der Waals surface area contributed by atoms with Crippen molar-refractivity contribution in [2.45, 2.75) is 19.3 Å². The number of methoxy groups -OCH3 is 2. The molecule has 2 saturated heterocycles. The van der Waals surface area contributed by atoms with Gasteiger partial charge in [-0.05, 0) is 55.1 Å². The van der Waals surface area contributed by atoms with E-state index in [0.29, 0.717) is 11.4 Å². The van der Waals surface area contributed by atoms with Gasteiger partial charge < -0.3 is 24.6 Å². The molecule has 2 aromatic rings. The van der Waals surface area contributed by atoms with Crippen LogP contribution in [0.1, 0.15) is 29.6 Å². The molecule has 4 rings (SSSR count). The number of aromatic nitrogens is 1. The number of carbonyl (C=O) groups is 1. The minimum Gasteiger partial charge on any atom is -0.497 e. The summed E-state index contributed by atoms with van der Waals surface area (Å²) in [5.74, 6) is 1.11. The number of likely N-dealkylation sites (tertiary alicyclic amines) is 2. The number of benzene rings is 1. The van der Waals surface area contributed by atoms with Gasteiger partial charge in [0.05, 0.1) is 14.2 Å². The van der Waals surface area contributed by atoms with E-state index >= 15 is 0 Å². The lowest BCUT2D eigenvalue weighted by Gasteiger charge is -2.40. The molecule has 1 aromatic carbocycles. The smallest absolute Gasteiger partial charge is 0.254 e. The molecule has 0 saturated carbocycles. The van der Waals surface area contributed by atoms with Crippen molar-refractivity contribution in [3.63, 3.8) is 0 Å². The van der Waals surface area contributed by atoms with Crippen molar-refractivity contribution < 1.29 is 14.3 Å². The van der Waals surface area contributed by atoms with Gasteiger partial charge in [-0.2, -0.15) is 0 Å². The molecule has 3 heterocycles. The molecule has 2 aliphatic heterocycles. The first-order valence-electron chi connectivity index (χ1n) is 10.6. The highest BCUT2D eigenvalue weighted by atomic mass is 35.5. The van der Waals surface area contributed by atoms with E-state index in [2.05, 4.69) is 15.2 Å². The van der Waals surface area contributed by atoms with Crippen molar-refractivity contribution in [1.82, 2.24) is 14.8 Å². The standard InChI is InChI=1S/C23H27ClN4O3S/c1-30-18-5-3-4-17(14-18)25-22(32)27-9-6-23(7-10-27)8-11-28(15-23)21(29)16-12-19(24)26-20(13-16)31-2/h3-5,12-14H,6-11,15H2,1-2H3,(H,25,32). The summed E-state index contributed by atoms with van der Waals surface area (Å²) in [5.41, 5.74) is 1.57. The van der Waals surface area contributed by atoms with E-state index in [4.69, 9.17) is 33.3 Å². The largest absolute Gasteiger partial charge is 0.497 e. The fraction of sp³-hybridized carbons (Fsp3) is 0.435. The van der Waals surface area contributed by atoms with Gasteiger partial charge in [-0.1, -0.05) is 17.7 Å². The lowest BCUT2D eigenvalue weighted by atomic mass is 9.78. The summed E-state index contributed by atoms with van der Waals surface area (Å²) in [6.45, 7) is 3.23. The van der Waals surface area contributed by atoms with Crippen LogP contribution in [0.25, 0.3) is 0 Å². The fourth-order valence-electron chi connectivity index (χ4n) is 4.49. The highest BCUT2D eigenvalue weighted by molar-refractivity contribution is 7.80. The lowest BCUT2D eigenvalue weighted by molar-refractivity contribution is 0.0748. The van der Waals surface area contributed by atoms with Crippen molar-refractivity contribution in [1.29, 1.82) is 0 Å². The number of rotatable bonds is 4. The van der Waals surface area contributed by atoms with Crippen LogP contribution in [-0.2, 0) is 0 Å². The van der Waals surface area contributed by atoms with Crippen molar-refractivity contribution in [3.05, 3.63) is 47.1 Å². The quantitative estimate of drug-likeness (QED) is 0.529. The molecule has 1 aromatic heterocycles. The highest BCUT2D eigenvalue weighted by Gasteiger charge is 2.42. The van der Waals surface area contributed by atoms with Gasteiger partial charge in [0, 0.05) is 49.6 Å². The summed E-state index contributed by atoms with van der Waals surface area (Å²) in [5, 5.41) is 4.29. The minimum absolute atomic E-state index is 0.0258. The van der Waals surface area contributed by atoms with Gasteiger partial charge in [-0.25, -0.2) is 4.98 Å². The minimum atomic E-state index is -0.0258. The molecule has 0 atom stereocenters. The van der Waals surface area contributed by atoms with Gasteiger partial charge in [0.2, 0.25) is 5.88 Å². The molecule has 0 radical (unpaired) electrons. The number of nitrogens with zero attached hydrogens (tertiary/aromatic N) is 3. The monoisotopic (exact) mass is 474 g/mol. The second-order valence-corrected chi connectivity index (χ2v) is 9.12. The Balaban J connectivity index is 1.34. The fourth-order valence-corrected chi connectivity index (χ4v) is 4.99. The van der Waals surface area contributed by atoms with E-state index in [0.717, 1.165) is 62.0 Å². The van der Waals surface area contributed by atoms with Gasteiger partial charge in [0.25, 0.3) is 5.91 Å². The molecule has 9 heteroatoms. The first-order chi connectivity index (χ1) is 15.4. The van der Waals surface area contributed by atoms with Gasteiger partial charge in [-0.15, -0.1) is 0 Å². The maximum absolute atomic E-state index is 13.1. The summed E-state index contributed by atoms with van der Waals surface area (Å²) >= 11 is 11.7. The molecule has 32 heavy (non-hydrogen) atoms. The lowest BCUT2D eigenvalue weighted by Crippen LogP contribution is -2.46. The Kier molecular flexibility index (Phi) is 6.71. The van der Waals surface area contributed by atoms with Crippen LogP contribution in [0.2, 0.25) is 5.15 Å². The molecule has 7 nitrogen and oxygen atoms in total. The van der Waals surface area contributed by atoms with Crippen LogP contribution in [0.15, 0.2) is 36.4 Å². The Morgan fingerprint density at radius 2 is 1.81 bits per heavy atom. The average molecular weight is 475 g/mol. The molecule has 0 unspecified atom stereocenters.